The second-order valence-corrected chi connectivity index (χ2v) is 6.25. The van der Waals surface area contributed by atoms with Gasteiger partial charge in [0.2, 0.25) is 0 Å². The summed E-state index contributed by atoms with van der Waals surface area (Å²) < 4.78 is 2.34. The molecule has 126 valence electrons. The van der Waals surface area contributed by atoms with Crippen LogP contribution in [0, 0.1) is 0 Å². The van der Waals surface area contributed by atoms with Crippen molar-refractivity contribution in [2.45, 2.75) is 32.4 Å². The van der Waals surface area contributed by atoms with E-state index < -0.39 is 0 Å². The van der Waals surface area contributed by atoms with Crippen LogP contribution >= 0.6 is 0 Å². The van der Waals surface area contributed by atoms with E-state index in [4.69, 9.17) is 5.11 Å². The summed E-state index contributed by atoms with van der Waals surface area (Å²) in [5.74, 6) is 0. The Hall–Kier alpha value is -2.10. The van der Waals surface area contributed by atoms with E-state index in [9.17, 15) is 0 Å². The van der Waals surface area contributed by atoms with Gasteiger partial charge in [-0.15, -0.1) is 0 Å². The summed E-state index contributed by atoms with van der Waals surface area (Å²) in [6, 6.07) is 19.2. The molecule has 0 saturated carbocycles. The SMILES string of the molecule is OCCCCCNCc1cn(Cc2ccccc2)c2ccccc12. The minimum absolute atomic E-state index is 0.299. The summed E-state index contributed by atoms with van der Waals surface area (Å²) in [5.41, 5.74) is 3.96. The molecular formula is C21H26N2O. The molecule has 0 radical (unpaired) electrons. The van der Waals surface area contributed by atoms with Gasteiger partial charge in [-0.3, -0.25) is 0 Å². The first-order chi connectivity index (χ1) is 11.9. The van der Waals surface area contributed by atoms with Gasteiger partial charge in [0.1, 0.15) is 0 Å². The Labute approximate surface area is 143 Å². The lowest BCUT2D eigenvalue weighted by atomic mass is 10.1. The zero-order valence-electron chi connectivity index (χ0n) is 14.1. The third-order valence-corrected chi connectivity index (χ3v) is 4.39. The van der Waals surface area contributed by atoms with Crippen LogP contribution in [0.5, 0.6) is 0 Å². The fourth-order valence-electron chi connectivity index (χ4n) is 3.14. The molecule has 0 spiro atoms. The number of rotatable bonds is 9. The van der Waals surface area contributed by atoms with Gasteiger partial charge in [-0.2, -0.15) is 0 Å². The largest absolute Gasteiger partial charge is 0.396 e. The third kappa shape index (κ3) is 4.25. The summed E-state index contributed by atoms with van der Waals surface area (Å²) in [5, 5.41) is 13.7. The Kier molecular flexibility index (Phi) is 6.05. The molecule has 0 aliphatic carbocycles. The van der Waals surface area contributed by atoms with Gasteiger partial charge in [0, 0.05) is 36.8 Å². The maximum atomic E-state index is 8.82. The zero-order valence-corrected chi connectivity index (χ0v) is 14.1. The van der Waals surface area contributed by atoms with E-state index in [1.54, 1.807) is 0 Å². The predicted molar refractivity (Wildman–Crippen MR) is 100 cm³/mol. The highest BCUT2D eigenvalue weighted by atomic mass is 16.2. The summed E-state index contributed by atoms with van der Waals surface area (Å²) in [6.45, 7) is 3.09. The maximum Gasteiger partial charge on any atom is 0.0486 e. The molecule has 0 unspecified atom stereocenters. The molecule has 3 nitrogen and oxygen atoms in total. The molecule has 1 heterocycles. The van der Waals surface area contributed by atoms with Crippen LogP contribution in [0.2, 0.25) is 0 Å². The molecule has 2 aromatic carbocycles. The highest BCUT2D eigenvalue weighted by Crippen LogP contribution is 2.22. The molecule has 0 aliphatic heterocycles. The average molecular weight is 322 g/mol. The molecule has 0 fully saturated rings. The zero-order chi connectivity index (χ0) is 16.6. The number of benzene rings is 2. The molecule has 0 bridgehead atoms. The Morgan fingerprint density at radius 1 is 0.875 bits per heavy atom. The third-order valence-electron chi connectivity index (χ3n) is 4.39. The van der Waals surface area contributed by atoms with E-state index in [0.717, 1.165) is 38.9 Å². The number of unbranched alkanes of at least 4 members (excludes halogenated alkanes) is 2. The molecule has 3 heteroatoms. The smallest absolute Gasteiger partial charge is 0.0486 e. The van der Waals surface area contributed by atoms with Gasteiger partial charge in [-0.25, -0.2) is 0 Å². The summed E-state index contributed by atoms with van der Waals surface area (Å²) in [4.78, 5) is 0. The van der Waals surface area contributed by atoms with E-state index >= 15 is 0 Å². The lowest BCUT2D eigenvalue weighted by Gasteiger charge is -2.05. The van der Waals surface area contributed by atoms with Gasteiger partial charge in [-0.05, 0) is 43.0 Å². The molecule has 3 aromatic rings. The van der Waals surface area contributed by atoms with Crippen molar-refractivity contribution in [1.82, 2.24) is 9.88 Å². The topological polar surface area (TPSA) is 37.2 Å². The van der Waals surface area contributed by atoms with E-state index in [-0.39, 0.29) is 0 Å². The lowest BCUT2D eigenvalue weighted by Crippen LogP contribution is -2.14. The molecule has 0 atom stereocenters. The first-order valence-electron chi connectivity index (χ1n) is 8.81. The molecule has 1 aromatic heterocycles. The van der Waals surface area contributed by atoms with Crippen LogP contribution < -0.4 is 5.32 Å². The number of aromatic nitrogens is 1. The number of para-hydroxylation sites is 1. The quantitative estimate of drug-likeness (QED) is 0.586. The minimum Gasteiger partial charge on any atom is -0.396 e. The van der Waals surface area contributed by atoms with Crippen LogP contribution in [0.15, 0.2) is 60.8 Å². The Bertz CT molecular complexity index is 749. The van der Waals surface area contributed by atoms with Gasteiger partial charge >= 0.3 is 0 Å². The molecule has 2 N–H and O–H groups in total. The lowest BCUT2D eigenvalue weighted by molar-refractivity contribution is 0.283. The highest BCUT2D eigenvalue weighted by molar-refractivity contribution is 5.84. The number of nitrogens with one attached hydrogen (secondary N) is 1. The van der Waals surface area contributed by atoms with Gasteiger partial charge in [0.15, 0.2) is 0 Å². The van der Waals surface area contributed by atoms with Gasteiger partial charge in [0.25, 0.3) is 0 Å². The van der Waals surface area contributed by atoms with Crippen molar-refractivity contribution in [3.8, 4) is 0 Å². The van der Waals surface area contributed by atoms with Crippen LogP contribution in [0.3, 0.4) is 0 Å². The van der Waals surface area contributed by atoms with Gasteiger partial charge in [0.05, 0.1) is 0 Å². The Balaban J connectivity index is 1.69. The van der Waals surface area contributed by atoms with Crippen LogP contribution in [-0.2, 0) is 13.1 Å². The van der Waals surface area contributed by atoms with Crippen LogP contribution in [-0.4, -0.2) is 22.8 Å². The number of fused-ring (bicyclic) bond motifs is 1. The van der Waals surface area contributed by atoms with E-state index in [2.05, 4.69) is 70.7 Å². The Morgan fingerprint density at radius 3 is 2.50 bits per heavy atom. The number of nitrogens with zero attached hydrogens (tertiary/aromatic N) is 1. The molecule has 0 saturated heterocycles. The normalized spacial score (nSPS) is 11.2. The van der Waals surface area contributed by atoms with E-state index in [1.807, 2.05) is 0 Å². The van der Waals surface area contributed by atoms with Crippen molar-refractivity contribution >= 4 is 10.9 Å². The second kappa shape index (κ2) is 8.67. The second-order valence-electron chi connectivity index (χ2n) is 6.25. The van der Waals surface area contributed by atoms with E-state index in [0.29, 0.717) is 6.61 Å². The predicted octanol–water partition coefficient (Wildman–Crippen LogP) is 3.94. The fraction of sp³-hybridized carbons (Fsp3) is 0.333. The summed E-state index contributed by atoms with van der Waals surface area (Å²) >= 11 is 0. The molecule has 24 heavy (non-hydrogen) atoms. The van der Waals surface area contributed by atoms with Crippen molar-refractivity contribution in [2.75, 3.05) is 13.2 Å². The van der Waals surface area contributed by atoms with Gasteiger partial charge in [-0.1, -0.05) is 48.5 Å². The summed E-state index contributed by atoms with van der Waals surface area (Å²) in [7, 11) is 0. The van der Waals surface area contributed by atoms with Crippen molar-refractivity contribution in [3.63, 3.8) is 0 Å². The monoisotopic (exact) mass is 322 g/mol. The maximum absolute atomic E-state index is 8.82. The molecule has 0 aliphatic rings. The van der Waals surface area contributed by atoms with Crippen LogP contribution in [0.4, 0.5) is 0 Å². The summed E-state index contributed by atoms with van der Waals surface area (Å²) in [6.07, 6.45) is 5.37. The van der Waals surface area contributed by atoms with Crippen molar-refractivity contribution in [2.24, 2.45) is 0 Å². The van der Waals surface area contributed by atoms with Crippen molar-refractivity contribution in [3.05, 3.63) is 71.9 Å². The molecule has 3 rings (SSSR count). The fourth-order valence-corrected chi connectivity index (χ4v) is 3.14. The molecular weight excluding hydrogens is 296 g/mol. The molecule has 0 amide bonds. The van der Waals surface area contributed by atoms with Gasteiger partial charge < -0.3 is 15.0 Å². The first kappa shape index (κ1) is 16.7. The van der Waals surface area contributed by atoms with Crippen molar-refractivity contribution < 1.29 is 5.11 Å². The van der Waals surface area contributed by atoms with Crippen LogP contribution in [0.25, 0.3) is 10.9 Å². The minimum atomic E-state index is 0.299. The Morgan fingerprint density at radius 2 is 1.67 bits per heavy atom. The highest BCUT2D eigenvalue weighted by Gasteiger charge is 2.08. The number of hydrogen-bond donors (Lipinski definition) is 2. The number of aliphatic hydroxyl groups is 1. The van der Waals surface area contributed by atoms with Crippen LogP contribution in [0.1, 0.15) is 30.4 Å². The standard InChI is InChI=1S/C21H26N2O/c24-14-8-2-7-13-22-15-19-17-23(16-18-9-3-1-4-10-18)21-12-6-5-11-20(19)21/h1,3-6,9-12,17,22,24H,2,7-8,13-16H2. The first-order valence-corrected chi connectivity index (χ1v) is 8.81. The van der Waals surface area contributed by atoms with Crippen molar-refractivity contribution in [1.29, 1.82) is 0 Å². The number of aliphatic hydroxyl groups excluding tert-OH is 1. The average Bonchev–Trinajstić information content (AvgIpc) is 2.97. The number of hydrogen-bond acceptors (Lipinski definition) is 2. The van der Waals surface area contributed by atoms with E-state index in [1.165, 1.54) is 22.0 Å².